The first-order valence-corrected chi connectivity index (χ1v) is 10.6. The molecule has 0 radical (unpaired) electrons. The zero-order chi connectivity index (χ0) is 23.3. The van der Waals surface area contributed by atoms with Gasteiger partial charge in [-0.2, -0.15) is 0 Å². The quantitative estimate of drug-likeness (QED) is 0.536. The van der Waals surface area contributed by atoms with Gasteiger partial charge in [0, 0.05) is 12.6 Å². The summed E-state index contributed by atoms with van der Waals surface area (Å²) < 4.78 is 17.8. The lowest BCUT2D eigenvalue weighted by molar-refractivity contribution is -0.191. The van der Waals surface area contributed by atoms with Crippen molar-refractivity contribution in [2.75, 3.05) is 25.7 Å². The van der Waals surface area contributed by atoms with Gasteiger partial charge in [-0.1, -0.05) is 42.5 Å². The van der Waals surface area contributed by atoms with Gasteiger partial charge in [0.05, 0.1) is 19.4 Å². The Kier molecular flexibility index (Phi) is 5.17. The smallest absolute Gasteiger partial charge is 0.321 e. The van der Waals surface area contributed by atoms with Crippen LogP contribution in [0, 0.1) is 0 Å². The molecule has 2 aliphatic heterocycles. The van der Waals surface area contributed by atoms with Crippen LogP contribution in [0.2, 0.25) is 0 Å². The molecule has 1 spiro atoms. The monoisotopic (exact) mass is 435 g/mol. The molecule has 0 unspecified atom stereocenters. The number of carbonyl (C=O) groups excluding carboxylic acids is 2. The Labute approximate surface area is 188 Å². The molecule has 2 heterocycles. The number of anilines is 1. The van der Waals surface area contributed by atoms with Gasteiger partial charge in [0.25, 0.3) is 5.91 Å². The van der Waals surface area contributed by atoms with Gasteiger partial charge in [0.2, 0.25) is 0 Å². The highest BCUT2D eigenvalue weighted by atomic mass is 16.6. The minimum atomic E-state index is -1.61. The first-order valence-electron chi connectivity index (χ1n) is 10.6. The van der Waals surface area contributed by atoms with Crippen LogP contribution in [0.1, 0.15) is 38.3 Å². The van der Waals surface area contributed by atoms with Crippen molar-refractivity contribution in [3.05, 3.63) is 71.8 Å². The number of esters is 1. The number of likely N-dealkylation sites (N-methyl/N-ethyl adjacent to an activating group) is 1. The molecule has 168 valence electrons. The molecular weight excluding hydrogens is 406 g/mol. The average Bonchev–Trinajstić information content (AvgIpc) is 2.97. The second-order valence-electron chi connectivity index (χ2n) is 9.42. The molecule has 4 rings (SSSR count). The lowest BCUT2D eigenvalue weighted by Gasteiger charge is -2.49. The van der Waals surface area contributed by atoms with Crippen LogP contribution in [0.3, 0.4) is 0 Å². The van der Waals surface area contributed by atoms with E-state index in [9.17, 15) is 9.59 Å². The molecule has 0 aromatic heterocycles. The van der Waals surface area contributed by atoms with Crippen molar-refractivity contribution < 1.29 is 23.8 Å². The number of methoxy groups -OCH3 is 1. The van der Waals surface area contributed by atoms with E-state index in [2.05, 4.69) is 6.58 Å². The average molecular weight is 436 g/mol. The molecule has 6 nitrogen and oxygen atoms in total. The highest BCUT2D eigenvalue weighted by molar-refractivity contribution is 6.12. The third-order valence-corrected chi connectivity index (χ3v) is 6.17. The molecule has 2 aromatic rings. The summed E-state index contributed by atoms with van der Waals surface area (Å²) in [5.74, 6) is -0.261. The van der Waals surface area contributed by atoms with Gasteiger partial charge in [-0.25, -0.2) is 0 Å². The third kappa shape index (κ3) is 3.05. The molecule has 0 aliphatic carbocycles. The molecule has 2 atom stereocenters. The molecule has 0 bridgehead atoms. The summed E-state index contributed by atoms with van der Waals surface area (Å²) in [4.78, 5) is 29.7. The zero-order valence-corrected chi connectivity index (χ0v) is 19.2. The summed E-state index contributed by atoms with van der Waals surface area (Å²) in [6, 6.07) is 14.7. The van der Waals surface area contributed by atoms with Crippen LogP contribution in [0.15, 0.2) is 60.7 Å². The molecule has 0 saturated carbocycles. The van der Waals surface area contributed by atoms with Crippen molar-refractivity contribution in [2.45, 2.75) is 43.8 Å². The summed E-state index contributed by atoms with van der Waals surface area (Å²) in [5.41, 5.74) is -1.21. The fourth-order valence-electron chi connectivity index (χ4n) is 4.84. The van der Waals surface area contributed by atoms with E-state index in [1.165, 1.54) is 0 Å². The highest BCUT2D eigenvalue weighted by Crippen LogP contribution is 2.59. The number of hydrogen-bond donors (Lipinski definition) is 0. The maximum absolute atomic E-state index is 14.1. The fraction of sp³-hybridized carbons (Fsp3) is 0.385. The lowest BCUT2D eigenvalue weighted by Crippen LogP contribution is -2.64. The van der Waals surface area contributed by atoms with Gasteiger partial charge >= 0.3 is 5.97 Å². The third-order valence-electron chi connectivity index (χ3n) is 6.17. The first-order chi connectivity index (χ1) is 15.1. The molecule has 1 fully saturated rings. The lowest BCUT2D eigenvalue weighted by atomic mass is 9.60. The van der Waals surface area contributed by atoms with Gasteiger partial charge in [0.15, 0.2) is 5.60 Å². The molecule has 0 N–H and O–H groups in total. The topological polar surface area (TPSA) is 65.1 Å². The van der Waals surface area contributed by atoms with E-state index in [0.717, 1.165) is 5.57 Å². The Morgan fingerprint density at radius 1 is 1.16 bits per heavy atom. The molecule has 1 saturated heterocycles. The Balaban J connectivity index is 2.09. The van der Waals surface area contributed by atoms with Crippen molar-refractivity contribution in [3.63, 3.8) is 0 Å². The van der Waals surface area contributed by atoms with Crippen LogP contribution < -0.4 is 9.64 Å². The van der Waals surface area contributed by atoms with E-state index in [1.807, 2.05) is 57.2 Å². The number of ether oxygens (including phenoxy) is 3. The van der Waals surface area contributed by atoms with Crippen LogP contribution in [-0.4, -0.2) is 38.2 Å². The fourth-order valence-corrected chi connectivity index (χ4v) is 4.84. The molecule has 32 heavy (non-hydrogen) atoms. The predicted molar refractivity (Wildman–Crippen MR) is 122 cm³/mol. The van der Waals surface area contributed by atoms with Crippen molar-refractivity contribution in [2.24, 2.45) is 0 Å². The predicted octanol–water partition coefficient (Wildman–Crippen LogP) is 4.12. The molecule has 6 heteroatoms. The van der Waals surface area contributed by atoms with Crippen molar-refractivity contribution in [3.8, 4) is 5.75 Å². The summed E-state index contributed by atoms with van der Waals surface area (Å²) in [6.45, 7) is 9.72. The van der Waals surface area contributed by atoms with Gasteiger partial charge in [0.1, 0.15) is 16.8 Å². The van der Waals surface area contributed by atoms with E-state index in [1.54, 1.807) is 31.2 Å². The summed E-state index contributed by atoms with van der Waals surface area (Å²) in [6.07, 6.45) is 0.224. The molecule has 2 aromatic carbocycles. The zero-order valence-electron chi connectivity index (χ0n) is 19.2. The second-order valence-corrected chi connectivity index (χ2v) is 9.42. The first kappa shape index (κ1) is 22.1. The molecule has 1 amide bonds. The number of amides is 1. The van der Waals surface area contributed by atoms with E-state index in [4.69, 9.17) is 14.2 Å². The Hall–Kier alpha value is -3.12. The SMILES string of the molecule is C=C1CO[C@@]2(C(=O)N(C)c3ccc(OC)cc32)[C@](C(=O)OC(C)(C)C)(c2ccccc2)C1. The number of benzene rings is 2. The van der Waals surface area contributed by atoms with Crippen LogP contribution in [0.25, 0.3) is 0 Å². The van der Waals surface area contributed by atoms with Crippen LogP contribution in [0.5, 0.6) is 5.75 Å². The number of hydrogen-bond acceptors (Lipinski definition) is 5. The molecule has 2 aliphatic rings. The Morgan fingerprint density at radius 2 is 1.84 bits per heavy atom. The van der Waals surface area contributed by atoms with Gasteiger partial charge in [-0.05, 0) is 51.0 Å². The van der Waals surface area contributed by atoms with Crippen LogP contribution in [0.4, 0.5) is 5.69 Å². The van der Waals surface area contributed by atoms with Gasteiger partial charge < -0.3 is 19.1 Å². The summed E-state index contributed by atoms with van der Waals surface area (Å²) in [7, 11) is 3.26. The normalized spacial score (nSPS) is 25.1. The maximum Gasteiger partial charge on any atom is 0.321 e. The van der Waals surface area contributed by atoms with Crippen molar-refractivity contribution >= 4 is 17.6 Å². The summed E-state index contributed by atoms with van der Waals surface area (Å²) >= 11 is 0. The van der Waals surface area contributed by atoms with E-state index in [-0.39, 0.29) is 18.9 Å². The number of fused-ring (bicyclic) bond motifs is 2. The van der Waals surface area contributed by atoms with Gasteiger partial charge in [-0.3, -0.25) is 9.59 Å². The standard InChI is InChI=1S/C26H29NO5/c1-17-15-25(18-10-8-7-9-11-18,23(29)32-24(2,3)4)26(31-16-17)20-14-19(30-6)12-13-21(20)27(5)22(26)28/h7-14H,1,15-16H2,2-6H3/t25-,26-/m0/s1. The Morgan fingerprint density at radius 3 is 2.47 bits per heavy atom. The highest BCUT2D eigenvalue weighted by Gasteiger charge is 2.71. The van der Waals surface area contributed by atoms with Gasteiger partial charge in [-0.15, -0.1) is 0 Å². The van der Waals surface area contributed by atoms with Crippen LogP contribution >= 0.6 is 0 Å². The largest absolute Gasteiger partial charge is 0.497 e. The number of nitrogens with zero attached hydrogens (tertiary/aromatic N) is 1. The van der Waals surface area contributed by atoms with Crippen LogP contribution in [-0.2, 0) is 30.1 Å². The number of carbonyl (C=O) groups is 2. The number of rotatable bonds is 3. The minimum Gasteiger partial charge on any atom is -0.497 e. The second kappa shape index (κ2) is 7.48. The van der Waals surface area contributed by atoms with Crippen molar-refractivity contribution in [1.29, 1.82) is 0 Å². The Bertz CT molecular complexity index is 1090. The molecular formula is C26H29NO5. The van der Waals surface area contributed by atoms with E-state index in [0.29, 0.717) is 22.6 Å². The van der Waals surface area contributed by atoms with E-state index >= 15 is 0 Å². The summed E-state index contributed by atoms with van der Waals surface area (Å²) in [5, 5.41) is 0. The maximum atomic E-state index is 14.1. The van der Waals surface area contributed by atoms with E-state index < -0.39 is 22.6 Å². The van der Waals surface area contributed by atoms with Crippen molar-refractivity contribution in [1.82, 2.24) is 0 Å². The minimum absolute atomic E-state index is 0.160.